The number of nitrogens with one attached hydrogen (secondary N) is 1. The van der Waals surface area contributed by atoms with Gasteiger partial charge in [-0.1, -0.05) is 19.1 Å². The second-order valence-electron chi connectivity index (χ2n) is 3.62. The van der Waals surface area contributed by atoms with E-state index in [2.05, 4.69) is 24.4 Å². The monoisotopic (exact) mass is 223 g/mol. The van der Waals surface area contributed by atoms with Crippen LogP contribution in [0.4, 0.5) is 0 Å². The Morgan fingerprint density at radius 1 is 1.12 bits per heavy atom. The van der Waals surface area contributed by atoms with Gasteiger partial charge in [-0.05, 0) is 24.2 Å². The van der Waals surface area contributed by atoms with Crippen molar-refractivity contribution in [1.82, 2.24) is 5.32 Å². The van der Waals surface area contributed by atoms with E-state index < -0.39 is 0 Å². The third-order valence-electron chi connectivity index (χ3n) is 2.26. The van der Waals surface area contributed by atoms with Gasteiger partial charge in [-0.25, -0.2) is 0 Å². The van der Waals surface area contributed by atoms with Crippen LogP contribution in [-0.2, 0) is 11.3 Å². The van der Waals surface area contributed by atoms with Gasteiger partial charge in [0.2, 0.25) is 0 Å². The van der Waals surface area contributed by atoms with Gasteiger partial charge >= 0.3 is 0 Å². The first-order valence-electron chi connectivity index (χ1n) is 5.78. The van der Waals surface area contributed by atoms with E-state index in [0.717, 1.165) is 31.9 Å². The molecular formula is C13H21NO2. The molecule has 0 aromatic heterocycles. The molecule has 3 nitrogen and oxygen atoms in total. The predicted octanol–water partition coefficient (Wildman–Crippen LogP) is 2.21. The van der Waals surface area contributed by atoms with Gasteiger partial charge in [-0.3, -0.25) is 0 Å². The summed E-state index contributed by atoms with van der Waals surface area (Å²) in [7, 11) is 1.70. The number of hydrogen-bond donors (Lipinski definition) is 1. The van der Waals surface area contributed by atoms with Crippen LogP contribution in [0, 0.1) is 0 Å². The second-order valence-corrected chi connectivity index (χ2v) is 3.62. The van der Waals surface area contributed by atoms with Crippen molar-refractivity contribution >= 4 is 0 Å². The molecule has 0 aliphatic carbocycles. The summed E-state index contributed by atoms with van der Waals surface area (Å²) >= 11 is 0. The first-order chi connectivity index (χ1) is 7.86. The first-order valence-corrected chi connectivity index (χ1v) is 5.78. The molecule has 0 heterocycles. The maximum Gasteiger partial charge on any atom is 0.119 e. The summed E-state index contributed by atoms with van der Waals surface area (Å²) in [5.41, 5.74) is 1.28. The third kappa shape index (κ3) is 5.14. The Balaban J connectivity index is 2.27. The Kier molecular flexibility index (Phi) is 6.61. The van der Waals surface area contributed by atoms with Gasteiger partial charge in [-0.15, -0.1) is 0 Å². The average molecular weight is 223 g/mol. The van der Waals surface area contributed by atoms with Crippen LogP contribution in [0.1, 0.15) is 18.9 Å². The van der Waals surface area contributed by atoms with E-state index >= 15 is 0 Å². The van der Waals surface area contributed by atoms with E-state index in [-0.39, 0.29) is 0 Å². The highest BCUT2D eigenvalue weighted by atomic mass is 16.5. The Morgan fingerprint density at radius 2 is 1.88 bits per heavy atom. The van der Waals surface area contributed by atoms with Gasteiger partial charge in [0.15, 0.2) is 0 Å². The van der Waals surface area contributed by atoms with Crippen LogP contribution >= 0.6 is 0 Å². The molecule has 0 bridgehead atoms. The molecule has 0 unspecified atom stereocenters. The summed E-state index contributed by atoms with van der Waals surface area (Å²) in [5, 5.41) is 3.29. The highest BCUT2D eigenvalue weighted by molar-refractivity contribution is 5.27. The predicted molar refractivity (Wildman–Crippen MR) is 65.8 cm³/mol. The van der Waals surface area contributed by atoms with E-state index in [1.807, 2.05) is 12.1 Å². The third-order valence-corrected chi connectivity index (χ3v) is 2.26. The van der Waals surface area contributed by atoms with Crippen molar-refractivity contribution in [3.63, 3.8) is 0 Å². The number of ether oxygens (including phenoxy) is 2. The number of methoxy groups -OCH3 is 1. The zero-order valence-corrected chi connectivity index (χ0v) is 10.2. The Labute approximate surface area is 97.8 Å². The molecule has 90 valence electrons. The first kappa shape index (κ1) is 13.0. The van der Waals surface area contributed by atoms with Crippen LogP contribution in [0.15, 0.2) is 24.3 Å². The van der Waals surface area contributed by atoms with Crippen molar-refractivity contribution in [2.75, 3.05) is 26.9 Å². The van der Waals surface area contributed by atoms with Crippen molar-refractivity contribution in [1.29, 1.82) is 0 Å². The lowest BCUT2D eigenvalue weighted by Gasteiger charge is -2.07. The fraction of sp³-hybridized carbons (Fsp3) is 0.538. The van der Waals surface area contributed by atoms with E-state index in [0.29, 0.717) is 6.61 Å². The lowest BCUT2D eigenvalue weighted by molar-refractivity contribution is 0.172. The maximum atomic E-state index is 5.57. The topological polar surface area (TPSA) is 30.5 Å². The smallest absolute Gasteiger partial charge is 0.119 e. The molecule has 3 heteroatoms. The highest BCUT2D eigenvalue weighted by Gasteiger charge is 1.95. The van der Waals surface area contributed by atoms with Crippen molar-refractivity contribution in [3.8, 4) is 5.75 Å². The molecule has 0 spiro atoms. The molecule has 0 fully saturated rings. The summed E-state index contributed by atoms with van der Waals surface area (Å²) in [6.45, 7) is 5.47. The Bertz CT molecular complexity index is 272. The normalized spacial score (nSPS) is 10.4. The zero-order chi connectivity index (χ0) is 11.6. The number of hydrogen-bond acceptors (Lipinski definition) is 3. The van der Waals surface area contributed by atoms with Gasteiger partial charge in [0, 0.05) is 26.7 Å². The molecule has 0 aliphatic heterocycles. The van der Waals surface area contributed by atoms with Crippen molar-refractivity contribution in [3.05, 3.63) is 29.8 Å². The van der Waals surface area contributed by atoms with Crippen LogP contribution in [0.5, 0.6) is 5.75 Å². The highest BCUT2D eigenvalue weighted by Crippen LogP contribution is 2.12. The fourth-order valence-electron chi connectivity index (χ4n) is 1.37. The quantitative estimate of drug-likeness (QED) is 0.685. The number of benzene rings is 1. The van der Waals surface area contributed by atoms with Crippen LogP contribution < -0.4 is 10.1 Å². The van der Waals surface area contributed by atoms with Crippen LogP contribution in [0.25, 0.3) is 0 Å². The summed E-state index contributed by atoms with van der Waals surface area (Å²) in [6.07, 6.45) is 0.926. The maximum absolute atomic E-state index is 5.57. The molecule has 0 aliphatic rings. The molecule has 1 N–H and O–H groups in total. The van der Waals surface area contributed by atoms with E-state index in [1.54, 1.807) is 7.11 Å². The van der Waals surface area contributed by atoms with E-state index in [1.165, 1.54) is 5.56 Å². The SMILES string of the molecule is CCNCc1ccc(OCCCOC)cc1. The molecule has 1 rings (SSSR count). The molecule has 1 aromatic carbocycles. The van der Waals surface area contributed by atoms with Crippen molar-refractivity contribution in [2.45, 2.75) is 19.9 Å². The Hall–Kier alpha value is -1.06. The van der Waals surface area contributed by atoms with Gasteiger partial charge in [0.1, 0.15) is 5.75 Å². The van der Waals surface area contributed by atoms with Gasteiger partial charge in [0.25, 0.3) is 0 Å². The molecular weight excluding hydrogens is 202 g/mol. The van der Waals surface area contributed by atoms with E-state index in [4.69, 9.17) is 9.47 Å². The lowest BCUT2D eigenvalue weighted by Crippen LogP contribution is -2.11. The van der Waals surface area contributed by atoms with Gasteiger partial charge < -0.3 is 14.8 Å². The summed E-state index contributed by atoms with van der Waals surface area (Å²) in [4.78, 5) is 0. The second kappa shape index (κ2) is 8.13. The minimum absolute atomic E-state index is 0.709. The summed E-state index contributed by atoms with van der Waals surface area (Å²) in [5.74, 6) is 0.927. The molecule has 1 aromatic rings. The minimum atomic E-state index is 0.709. The molecule has 0 saturated carbocycles. The Morgan fingerprint density at radius 3 is 2.50 bits per heavy atom. The minimum Gasteiger partial charge on any atom is -0.494 e. The average Bonchev–Trinajstić information content (AvgIpc) is 2.33. The van der Waals surface area contributed by atoms with Crippen molar-refractivity contribution < 1.29 is 9.47 Å². The van der Waals surface area contributed by atoms with Crippen LogP contribution in [0.3, 0.4) is 0 Å². The van der Waals surface area contributed by atoms with Gasteiger partial charge in [0.05, 0.1) is 6.61 Å². The van der Waals surface area contributed by atoms with E-state index in [9.17, 15) is 0 Å². The van der Waals surface area contributed by atoms with Crippen LogP contribution in [0.2, 0.25) is 0 Å². The summed E-state index contributed by atoms with van der Waals surface area (Å²) in [6, 6.07) is 8.21. The standard InChI is InChI=1S/C13H21NO2/c1-3-14-11-12-5-7-13(8-6-12)16-10-4-9-15-2/h5-8,14H,3-4,9-11H2,1-2H3. The molecule has 0 atom stereocenters. The lowest BCUT2D eigenvalue weighted by atomic mass is 10.2. The molecule has 0 amide bonds. The zero-order valence-electron chi connectivity index (χ0n) is 10.2. The van der Waals surface area contributed by atoms with Gasteiger partial charge in [-0.2, -0.15) is 0 Å². The molecule has 0 radical (unpaired) electrons. The molecule has 16 heavy (non-hydrogen) atoms. The van der Waals surface area contributed by atoms with Crippen LogP contribution in [-0.4, -0.2) is 26.9 Å². The molecule has 0 saturated heterocycles. The number of rotatable bonds is 8. The summed E-state index contributed by atoms with van der Waals surface area (Å²) < 4.78 is 10.5. The van der Waals surface area contributed by atoms with Crippen molar-refractivity contribution in [2.24, 2.45) is 0 Å². The largest absolute Gasteiger partial charge is 0.494 e. The fourth-order valence-corrected chi connectivity index (χ4v) is 1.37.